The normalized spacial score (nSPS) is 11.0. The summed E-state index contributed by atoms with van der Waals surface area (Å²) in [6.45, 7) is 6.19. The Labute approximate surface area is 147 Å². The second kappa shape index (κ2) is 6.10. The fourth-order valence-corrected chi connectivity index (χ4v) is 3.04. The molecule has 0 atom stereocenters. The van der Waals surface area contributed by atoms with Crippen LogP contribution >= 0.6 is 0 Å². The number of aryl methyl sites for hydroxylation is 3. The Balaban J connectivity index is 2.03. The van der Waals surface area contributed by atoms with Crippen molar-refractivity contribution in [3.05, 3.63) is 77.7 Å². The van der Waals surface area contributed by atoms with E-state index in [0.717, 1.165) is 44.7 Å². The third kappa shape index (κ3) is 2.78. The summed E-state index contributed by atoms with van der Waals surface area (Å²) in [5.74, 6) is 0. The number of rotatable bonds is 2. The Hall–Kier alpha value is -3.07. The summed E-state index contributed by atoms with van der Waals surface area (Å²) >= 11 is 0. The van der Waals surface area contributed by atoms with Crippen LogP contribution < -0.4 is 0 Å². The Morgan fingerprint density at radius 1 is 0.800 bits per heavy atom. The van der Waals surface area contributed by atoms with Gasteiger partial charge < -0.3 is 0 Å². The number of aromatic nitrogens is 3. The molecule has 4 rings (SSSR count). The maximum Gasteiger partial charge on any atom is 0.0968 e. The lowest BCUT2D eigenvalue weighted by atomic mass is 9.96. The Bertz CT molecular complexity index is 1060. The molecule has 0 aliphatic heterocycles. The quantitative estimate of drug-likeness (QED) is 0.503. The van der Waals surface area contributed by atoms with Gasteiger partial charge in [-0.3, -0.25) is 15.0 Å². The predicted molar refractivity (Wildman–Crippen MR) is 102 cm³/mol. The topological polar surface area (TPSA) is 38.7 Å². The second-order valence-electron chi connectivity index (χ2n) is 6.38. The molecule has 1 aromatic carbocycles. The summed E-state index contributed by atoms with van der Waals surface area (Å²) in [6, 6.07) is 16.6. The van der Waals surface area contributed by atoms with Gasteiger partial charge in [-0.2, -0.15) is 0 Å². The highest BCUT2D eigenvalue weighted by atomic mass is 14.8. The first-order chi connectivity index (χ1) is 12.1. The van der Waals surface area contributed by atoms with Gasteiger partial charge in [-0.1, -0.05) is 24.3 Å². The lowest BCUT2D eigenvalue weighted by molar-refractivity contribution is 1.14. The third-order valence-corrected chi connectivity index (χ3v) is 4.56. The van der Waals surface area contributed by atoms with Crippen LogP contribution in [0.4, 0.5) is 0 Å². The number of nitrogens with zero attached hydrogens (tertiary/aromatic N) is 3. The highest BCUT2D eigenvalue weighted by Gasteiger charge is 2.15. The maximum atomic E-state index is 4.87. The molecular formula is C22H19N3. The van der Waals surface area contributed by atoms with Crippen molar-refractivity contribution in [3.63, 3.8) is 0 Å². The molecule has 0 bridgehead atoms. The zero-order valence-electron chi connectivity index (χ0n) is 14.6. The van der Waals surface area contributed by atoms with E-state index in [4.69, 9.17) is 4.98 Å². The van der Waals surface area contributed by atoms with Crippen molar-refractivity contribution in [1.29, 1.82) is 0 Å². The molecular weight excluding hydrogens is 306 g/mol. The van der Waals surface area contributed by atoms with Gasteiger partial charge in [0.15, 0.2) is 0 Å². The Kier molecular flexibility index (Phi) is 3.77. The van der Waals surface area contributed by atoms with E-state index in [1.807, 2.05) is 50.5 Å². The minimum atomic E-state index is 0.893. The SMILES string of the molecule is Cc1ccc(-c2nc(C)c(C)cc2-c2ccnc3ccccc23)nc1. The van der Waals surface area contributed by atoms with Crippen molar-refractivity contribution >= 4 is 10.9 Å². The van der Waals surface area contributed by atoms with Crippen LogP contribution in [0.25, 0.3) is 33.4 Å². The van der Waals surface area contributed by atoms with E-state index < -0.39 is 0 Å². The fourth-order valence-electron chi connectivity index (χ4n) is 3.04. The van der Waals surface area contributed by atoms with Crippen LogP contribution in [-0.2, 0) is 0 Å². The van der Waals surface area contributed by atoms with Gasteiger partial charge in [-0.25, -0.2) is 0 Å². The summed E-state index contributed by atoms with van der Waals surface area (Å²) in [6.07, 6.45) is 3.75. The molecule has 0 amide bonds. The minimum Gasteiger partial charge on any atom is -0.256 e. The average molecular weight is 325 g/mol. The van der Waals surface area contributed by atoms with Crippen molar-refractivity contribution in [3.8, 4) is 22.5 Å². The molecule has 0 saturated carbocycles. The number of fused-ring (bicyclic) bond motifs is 1. The van der Waals surface area contributed by atoms with Crippen LogP contribution in [-0.4, -0.2) is 15.0 Å². The van der Waals surface area contributed by atoms with Gasteiger partial charge in [0.2, 0.25) is 0 Å². The summed E-state index contributed by atoms with van der Waals surface area (Å²) < 4.78 is 0. The minimum absolute atomic E-state index is 0.893. The van der Waals surface area contributed by atoms with Gasteiger partial charge in [0.25, 0.3) is 0 Å². The van der Waals surface area contributed by atoms with Crippen molar-refractivity contribution < 1.29 is 0 Å². The van der Waals surface area contributed by atoms with Gasteiger partial charge in [-0.15, -0.1) is 0 Å². The zero-order valence-corrected chi connectivity index (χ0v) is 14.6. The van der Waals surface area contributed by atoms with Crippen LogP contribution in [0.2, 0.25) is 0 Å². The maximum absolute atomic E-state index is 4.87. The van der Waals surface area contributed by atoms with Gasteiger partial charge in [0, 0.05) is 29.0 Å². The van der Waals surface area contributed by atoms with E-state index in [1.165, 1.54) is 5.56 Å². The standard InChI is InChI=1S/C22H19N3/c1-14-8-9-21(24-13-14)22-19(12-15(2)16(3)25-22)17-10-11-23-20-7-5-4-6-18(17)20/h4-13H,1-3H3. The van der Waals surface area contributed by atoms with E-state index >= 15 is 0 Å². The Morgan fingerprint density at radius 3 is 2.44 bits per heavy atom. The summed E-state index contributed by atoms with van der Waals surface area (Å²) in [5, 5.41) is 1.13. The first-order valence-corrected chi connectivity index (χ1v) is 8.39. The summed E-state index contributed by atoms with van der Waals surface area (Å²) in [7, 11) is 0. The molecule has 0 aliphatic carbocycles. The molecule has 4 aromatic rings. The lowest BCUT2D eigenvalue weighted by Crippen LogP contribution is -1.97. The molecule has 3 nitrogen and oxygen atoms in total. The van der Waals surface area contributed by atoms with Gasteiger partial charge in [0.05, 0.1) is 16.9 Å². The van der Waals surface area contributed by atoms with Crippen molar-refractivity contribution in [1.82, 2.24) is 15.0 Å². The second-order valence-corrected chi connectivity index (χ2v) is 6.38. The highest BCUT2D eigenvalue weighted by molar-refractivity contribution is 5.97. The summed E-state index contributed by atoms with van der Waals surface area (Å²) in [5.41, 5.74) is 8.37. The molecule has 0 spiro atoms. The van der Waals surface area contributed by atoms with Gasteiger partial charge in [0.1, 0.15) is 0 Å². The molecule has 0 unspecified atom stereocenters. The molecule has 0 N–H and O–H groups in total. The third-order valence-electron chi connectivity index (χ3n) is 4.56. The number of benzene rings is 1. The zero-order chi connectivity index (χ0) is 17.4. The molecule has 3 heteroatoms. The number of pyridine rings is 3. The average Bonchev–Trinajstić information content (AvgIpc) is 2.64. The van der Waals surface area contributed by atoms with E-state index in [-0.39, 0.29) is 0 Å². The number of para-hydroxylation sites is 1. The fraction of sp³-hybridized carbons (Fsp3) is 0.136. The van der Waals surface area contributed by atoms with Crippen LogP contribution in [0.3, 0.4) is 0 Å². The van der Waals surface area contributed by atoms with Crippen LogP contribution in [0.5, 0.6) is 0 Å². The highest BCUT2D eigenvalue weighted by Crippen LogP contribution is 2.35. The van der Waals surface area contributed by atoms with Crippen LogP contribution in [0, 0.1) is 20.8 Å². The van der Waals surface area contributed by atoms with Gasteiger partial charge >= 0.3 is 0 Å². The van der Waals surface area contributed by atoms with Crippen molar-refractivity contribution in [2.75, 3.05) is 0 Å². The first-order valence-electron chi connectivity index (χ1n) is 8.39. The predicted octanol–water partition coefficient (Wildman–Crippen LogP) is 5.28. The molecule has 0 aliphatic rings. The largest absolute Gasteiger partial charge is 0.256 e. The molecule has 3 aromatic heterocycles. The molecule has 0 radical (unpaired) electrons. The van der Waals surface area contributed by atoms with E-state index in [1.54, 1.807) is 0 Å². The smallest absolute Gasteiger partial charge is 0.0968 e. The van der Waals surface area contributed by atoms with Crippen LogP contribution in [0.1, 0.15) is 16.8 Å². The van der Waals surface area contributed by atoms with Crippen molar-refractivity contribution in [2.45, 2.75) is 20.8 Å². The molecule has 25 heavy (non-hydrogen) atoms. The molecule has 3 heterocycles. The van der Waals surface area contributed by atoms with Crippen LogP contribution in [0.15, 0.2) is 60.9 Å². The van der Waals surface area contributed by atoms with E-state index in [0.29, 0.717) is 0 Å². The van der Waals surface area contributed by atoms with E-state index in [2.05, 4.69) is 41.2 Å². The molecule has 122 valence electrons. The molecule has 0 fully saturated rings. The Morgan fingerprint density at radius 2 is 1.64 bits per heavy atom. The monoisotopic (exact) mass is 325 g/mol. The van der Waals surface area contributed by atoms with E-state index in [9.17, 15) is 0 Å². The lowest BCUT2D eigenvalue weighted by Gasteiger charge is -2.14. The number of hydrogen-bond acceptors (Lipinski definition) is 3. The molecule has 0 saturated heterocycles. The number of hydrogen-bond donors (Lipinski definition) is 0. The summed E-state index contributed by atoms with van der Waals surface area (Å²) in [4.78, 5) is 14.0. The van der Waals surface area contributed by atoms with Crippen molar-refractivity contribution in [2.24, 2.45) is 0 Å². The van der Waals surface area contributed by atoms with Gasteiger partial charge in [-0.05, 0) is 61.7 Å². The first kappa shape index (κ1) is 15.5.